The minimum atomic E-state index is 0.677. The molecule has 0 radical (unpaired) electrons. The van der Waals surface area contributed by atoms with E-state index in [1.54, 1.807) is 0 Å². The molecule has 0 bridgehead atoms. The van der Waals surface area contributed by atoms with Crippen molar-refractivity contribution < 1.29 is 0 Å². The molecule has 2 heterocycles. The van der Waals surface area contributed by atoms with Crippen LogP contribution in [0.1, 0.15) is 0 Å². The van der Waals surface area contributed by atoms with Gasteiger partial charge in [0.15, 0.2) is 17.5 Å². The van der Waals surface area contributed by atoms with Crippen LogP contribution in [0.4, 0.5) is 0 Å². The monoisotopic (exact) mass is 701 g/mol. The minimum absolute atomic E-state index is 0.677. The van der Waals surface area contributed by atoms with E-state index < -0.39 is 0 Å². The molecule has 0 atom stereocenters. The lowest BCUT2D eigenvalue weighted by Gasteiger charge is -2.20. The molecule has 0 aliphatic rings. The highest BCUT2D eigenvalue weighted by molar-refractivity contribution is 7.26. The van der Waals surface area contributed by atoms with Gasteiger partial charge in [-0.1, -0.05) is 114 Å². The molecule has 0 saturated carbocycles. The van der Waals surface area contributed by atoms with Crippen LogP contribution >= 0.6 is 11.3 Å². The van der Waals surface area contributed by atoms with Crippen LogP contribution in [-0.2, 0) is 0 Å². The first kappa shape index (κ1) is 32.7. The smallest absolute Gasteiger partial charge is 0.164 e. The third-order valence-electron chi connectivity index (χ3n) is 11.7. The molecule has 0 aliphatic carbocycles. The van der Waals surface area contributed by atoms with Gasteiger partial charge < -0.3 is 0 Å². The average molecular weight is 701 g/mol. The van der Waals surface area contributed by atoms with Crippen molar-refractivity contribution >= 4 is 130 Å². The van der Waals surface area contributed by atoms with Crippen molar-refractivity contribution in [1.29, 1.82) is 0 Å². The predicted molar refractivity (Wildman–Crippen MR) is 248 cm³/mol. The standard InChI is InChI=1S/C45H32B5N3S/c46-38-37(39(47)41(49)42(50)40(38)48)45-52-43(23-9-2-1-3-10-23)51-44(53-45)25-18-20-34-33(22-25)36-26(15-8-16-35(36)54-34)24-17-19-31-29-13-5-4-11-27(29)28-12-6-7-14-30(28)32(31)21-24/h1-22H,46-50H2. The van der Waals surface area contributed by atoms with Gasteiger partial charge in [0.05, 0.1) is 0 Å². The SMILES string of the molecule is Bc1c(B)c(B)c(-c2nc(-c3ccccc3)nc(-c3ccc4sc5cccc(-c6ccc7c8ccccc8c8ccccc8c7c6)c5c4c3)n2)c(B)c1B. The largest absolute Gasteiger partial charge is 0.208 e. The Morgan fingerprint density at radius 3 is 1.54 bits per heavy atom. The van der Waals surface area contributed by atoms with E-state index >= 15 is 0 Å². The summed E-state index contributed by atoms with van der Waals surface area (Å²) >= 11 is 1.84. The Hall–Kier alpha value is -5.91. The molecule has 9 heteroatoms. The van der Waals surface area contributed by atoms with E-state index in [1.165, 1.54) is 90.9 Å². The molecule has 8 aromatic carbocycles. The molecule has 248 valence electrons. The highest BCUT2D eigenvalue weighted by Gasteiger charge is 2.20. The fraction of sp³-hybridized carbons (Fsp3) is 0. The van der Waals surface area contributed by atoms with Gasteiger partial charge in [0.2, 0.25) is 0 Å². The van der Waals surface area contributed by atoms with Crippen LogP contribution in [0.5, 0.6) is 0 Å². The van der Waals surface area contributed by atoms with Crippen LogP contribution in [0.3, 0.4) is 0 Å². The van der Waals surface area contributed by atoms with Crippen LogP contribution in [0.25, 0.3) is 97.8 Å². The average Bonchev–Trinajstić information content (AvgIpc) is 3.61. The first-order valence-electron chi connectivity index (χ1n) is 18.5. The quantitative estimate of drug-likeness (QED) is 0.208. The normalized spacial score (nSPS) is 11.7. The Bertz CT molecular complexity index is 3120. The Labute approximate surface area is 322 Å². The maximum Gasteiger partial charge on any atom is 0.164 e. The topological polar surface area (TPSA) is 38.7 Å². The summed E-state index contributed by atoms with van der Waals surface area (Å²) in [5, 5.41) is 10.2. The van der Waals surface area contributed by atoms with Gasteiger partial charge in [-0.25, -0.2) is 15.0 Å². The van der Waals surface area contributed by atoms with E-state index in [9.17, 15) is 0 Å². The molecule has 54 heavy (non-hydrogen) atoms. The van der Waals surface area contributed by atoms with E-state index in [0.29, 0.717) is 17.5 Å². The molecule has 3 nitrogen and oxygen atoms in total. The first-order chi connectivity index (χ1) is 26.4. The summed E-state index contributed by atoms with van der Waals surface area (Å²) in [6, 6.07) is 48.2. The number of nitrogens with zero attached hydrogens (tertiary/aromatic N) is 3. The number of rotatable bonds is 4. The molecular formula is C45H32B5N3S. The number of hydrogen-bond acceptors (Lipinski definition) is 4. The molecule has 10 rings (SSSR count). The zero-order valence-corrected chi connectivity index (χ0v) is 31.8. The van der Waals surface area contributed by atoms with Crippen LogP contribution < -0.4 is 27.3 Å². The summed E-state index contributed by atoms with van der Waals surface area (Å²) in [5.41, 5.74) is 11.8. The fourth-order valence-corrected chi connectivity index (χ4v) is 9.56. The van der Waals surface area contributed by atoms with Crippen LogP contribution in [-0.4, -0.2) is 54.2 Å². The maximum atomic E-state index is 5.25. The fourth-order valence-electron chi connectivity index (χ4n) is 8.45. The van der Waals surface area contributed by atoms with E-state index in [-0.39, 0.29) is 0 Å². The first-order valence-corrected chi connectivity index (χ1v) is 19.4. The Morgan fingerprint density at radius 1 is 0.352 bits per heavy atom. The summed E-state index contributed by atoms with van der Waals surface area (Å²) in [6.07, 6.45) is 0. The van der Waals surface area contributed by atoms with Crippen molar-refractivity contribution in [3.8, 4) is 45.3 Å². The number of aromatic nitrogens is 3. The number of hydrogen-bond donors (Lipinski definition) is 0. The second-order valence-corrected chi connectivity index (χ2v) is 15.6. The molecule has 2 aromatic heterocycles. The van der Waals surface area contributed by atoms with Crippen molar-refractivity contribution in [2.45, 2.75) is 0 Å². The molecule has 0 unspecified atom stereocenters. The number of fused-ring (bicyclic) bond motifs is 9. The van der Waals surface area contributed by atoms with Gasteiger partial charge in [-0.2, -0.15) is 0 Å². The van der Waals surface area contributed by atoms with Gasteiger partial charge in [-0.15, -0.1) is 27.7 Å². The van der Waals surface area contributed by atoms with E-state index in [1.807, 2.05) is 29.5 Å². The van der Waals surface area contributed by atoms with Gasteiger partial charge in [0, 0.05) is 36.9 Å². The summed E-state index contributed by atoms with van der Waals surface area (Å²) in [5.74, 6) is 2.07. The zero-order valence-electron chi connectivity index (χ0n) is 31.0. The number of benzene rings is 8. The van der Waals surface area contributed by atoms with E-state index in [0.717, 1.165) is 16.7 Å². The molecule has 0 amide bonds. The van der Waals surface area contributed by atoms with Crippen molar-refractivity contribution in [2.24, 2.45) is 0 Å². The zero-order chi connectivity index (χ0) is 36.7. The second-order valence-electron chi connectivity index (χ2n) is 14.5. The van der Waals surface area contributed by atoms with Crippen LogP contribution in [0.15, 0.2) is 133 Å². The third-order valence-corrected chi connectivity index (χ3v) is 12.8. The molecule has 0 aliphatic heterocycles. The van der Waals surface area contributed by atoms with Crippen LogP contribution in [0, 0.1) is 0 Å². The lowest BCUT2D eigenvalue weighted by molar-refractivity contribution is 1.08. The number of thiophene rings is 1. The third kappa shape index (κ3) is 5.06. The van der Waals surface area contributed by atoms with Crippen molar-refractivity contribution in [2.75, 3.05) is 0 Å². The predicted octanol–water partition coefficient (Wildman–Crippen LogP) is 3.66. The van der Waals surface area contributed by atoms with Crippen molar-refractivity contribution in [3.05, 3.63) is 133 Å². The van der Waals surface area contributed by atoms with Gasteiger partial charge in [0.25, 0.3) is 0 Å². The van der Waals surface area contributed by atoms with Crippen molar-refractivity contribution in [1.82, 2.24) is 15.0 Å². The molecule has 0 saturated heterocycles. The van der Waals surface area contributed by atoms with E-state index in [2.05, 4.69) is 154 Å². The van der Waals surface area contributed by atoms with Crippen LogP contribution in [0.2, 0.25) is 0 Å². The molecule has 0 spiro atoms. The molecular weight excluding hydrogens is 669 g/mol. The van der Waals surface area contributed by atoms with Gasteiger partial charge >= 0.3 is 0 Å². The summed E-state index contributed by atoms with van der Waals surface area (Å²) < 4.78 is 2.51. The van der Waals surface area contributed by atoms with Gasteiger partial charge in [-0.3, -0.25) is 0 Å². The lowest BCUT2D eigenvalue weighted by Crippen LogP contribution is -2.55. The van der Waals surface area contributed by atoms with Gasteiger partial charge in [-0.05, 0) is 73.8 Å². The molecule has 0 fully saturated rings. The summed E-state index contributed by atoms with van der Waals surface area (Å²) in [6.45, 7) is 0. The molecule has 10 aromatic rings. The maximum absolute atomic E-state index is 5.25. The lowest BCUT2D eigenvalue weighted by atomic mass is 9.60. The second kappa shape index (κ2) is 12.6. The Morgan fingerprint density at radius 2 is 0.870 bits per heavy atom. The Balaban J connectivity index is 1.19. The summed E-state index contributed by atoms with van der Waals surface area (Å²) in [7, 11) is 11.0. The molecule has 0 N–H and O–H groups in total. The minimum Gasteiger partial charge on any atom is -0.208 e. The van der Waals surface area contributed by atoms with Crippen molar-refractivity contribution in [3.63, 3.8) is 0 Å². The Kier molecular flexibility index (Phi) is 7.64. The van der Waals surface area contributed by atoms with Gasteiger partial charge in [0.1, 0.15) is 39.2 Å². The van der Waals surface area contributed by atoms with E-state index in [4.69, 9.17) is 15.0 Å². The summed E-state index contributed by atoms with van der Waals surface area (Å²) in [4.78, 5) is 15.5. The highest BCUT2D eigenvalue weighted by atomic mass is 32.1. The highest BCUT2D eigenvalue weighted by Crippen LogP contribution is 2.43.